The van der Waals surface area contributed by atoms with Gasteiger partial charge in [-0.2, -0.15) is 0 Å². The predicted molar refractivity (Wildman–Crippen MR) is 87.8 cm³/mol. The number of carbonyl (C=O) groups excluding carboxylic acids is 1. The van der Waals surface area contributed by atoms with Crippen molar-refractivity contribution in [3.8, 4) is 0 Å². The van der Waals surface area contributed by atoms with Gasteiger partial charge in [-0.3, -0.25) is 4.79 Å². The number of benzene rings is 1. The standard InChI is InChI=1S/C16H26N4O/c1-4-18-16(21)13-6-7-14(17)15(10-13)20-9-5-8-19(3)11-12(20)2/h6-7,10,12H,4-5,8-9,11,17H2,1-3H3,(H,18,21). The molecule has 2 rings (SSSR count). The minimum absolute atomic E-state index is 0.0432. The Hall–Kier alpha value is -1.75. The van der Waals surface area contributed by atoms with Crippen molar-refractivity contribution in [1.29, 1.82) is 0 Å². The Bertz CT molecular complexity index is 503. The second-order valence-corrected chi connectivity index (χ2v) is 5.79. The van der Waals surface area contributed by atoms with E-state index < -0.39 is 0 Å². The zero-order valence-corrected chi connectivity index (χ0v) is 13.2. The molecule has 0 aromatic heterocycles. The van der Waals surface area contributed by atoms with Gasteiger partial charge in [-0.15, -0.1) is 0 Å². The molecule has 1 amide bonds. The quantitative estimate of drug-likeness (QED) is 0.829. The number of nitrogens with two attached hydrogens (primary N) is 1. The third-order valence-corrected chi connectivity index (χ3v) is 3.99. The fourth-order valence-electron chi connectivity index (χ4n) is 2.93. The van der Waals surface area contributed by atoms with E-state index in [9.17, 15) is 4.79 Å². The molecule has 21 heavy (non-hydrogen) atoms. The molecule has 5 nitrogen and oxygen atoms in total. The maximum Gasteiger partial charge on any atom is 0.251 e. The van der Waals surface area contributed by atoms with Crippen LogP contribution in [0.1, 0.15) is 30.6 Å². The van der Waals surface area contributed by atoms with E-state index in [1.54, 1.807) is 6.07 Å². The number of nitrogen functional groups attached to an aromatic ring is 1. The first kappa shape index (κ1) is 15.6. The second-order valence-electron chi connectivity index (χ2n) is 5.79. The van der Waals surface area contributed by atoms with Crippen LogP contribution in [-0.4, -0.2) is 50.1 Å². The van der Waals surface area contributed by atoms with Crippen LogP contribution in [0.15, 0.2) is 18.2 Å². The van der Waals surface area contributed by atoms with E-state index in [-0.39, 0.29) is 5.91 Å². The van der Waals surface area contributed by atoms with E-state index in [1.165, 1.54) is 0 Å². The molecule has 0 aliphatic carbocycles. The molecule has 1 atom stereocenters. The zero-order chi connectivity index (χ0) is 15.4. The molecular weight excluding hydrogens is 264 g/mol. The van der Waals surface area contributed by atoms with Crippen LogP contribution in [0.4, 0.5) is 11.4 Å². The molecule has 0 spiro atoms. The fourth-order valence-corrected chi connectivity index (χ4v) is 2.93. The van der Waals surface area contributed by atoms with Gasteiger partial charge in [0, 0.05) is 31.2 Å². The summed E-state index contributed by atoms with van der Waals surface area (Å²) in [4.78, 5) is 16.7. The van der Waals surface area contributed by atoms with Crippen LogP contribution in [-0.2, 0) is 0 Å². The Morgan fingerprint density at radius 2 is 2.19 bits per heavy atom. The number of carbonyl (C=O) groups is 1. The van der Waals surface area contributed by atoms with E-state index in [0.717, 1.165) is 37.4 Å². The lowest BCUT2D eigenvalue weighted by atomic mass is 10.1. The van der Waals surface area contributed by atoms with Crippen molar-refractivity contribution in [2.24, 2.45) is 0 Å². The minimum atomic E-state index is -0.0432. The van der Waals surface area contributed by atoms with Crippen LogP contribution in [0.3, 0.4) is 0 Å². The average molecular weight is 290 g/mol. The van der Waals surface area contributed by atoms with Gasteiger partial charge in [0.25, 0.3) is 5.91 Å². The predicted octanol–water partition coefficient (Wildman–Crippen LogP) is 1.55. The molecule has 0 bridgehead atoms. The molecular formula is C16H26N4O. The summed E-state index contributed by atoms with van der Waals surface area (Å²) in [5.74, 6) is -0.0432. The van der Waals surface area contributed by atoms with Crippen molar-refractivity contribution in [3.05, 3.63) is 23.8 Å². The highest BCUT2D eigenvalue weighted by Crippen LogP contribution is 2.28. The third kappa shape index (κ3) is 3.67. The summed E-state index contributed by atoms with van der Waals surface area (Å²) in [6, 6.07) is 5.92. The van der Waals surface area contributed by atoms with Gasteiger partial charge in [-0.1, -0.05) is 0 Å². The Kier molecular flexibility index (Phi) is 5.07. The smallest absolute Gasteiger partial charge is 0.251 e. The summed E-state index contributed by atoms with van der Waals surface area (Å²) in [5.41, 5.74) is 8.54. The summed E-state index contributed by atoms with van der Waals surface area (Å²) in [5, 5.41) is 2.84. The monoisotopic (exact) mass is 290 g/mol. The number of anilines is 2. The molecule has 1 fully saturated rings. The minimum Gasteiger partial charge on any atom is -0.397 e. The molecule has 0 radical (unpaired) electrons. The summed E-state index contributed by atoms with van der Waals surface area (Å²) in [7, 11) is 2.15. The lowest BCUT2D eigenvalue weighted by Crippen LogP contribution is -2.38. The van der Waals surface area contributed by atoms with Gasteiger partial charge in [0.2, 0.25) is 0 Å². The largest absolute Gasteiger partial charge is 0.397 e. The van der Waals surface area contributed by atoms with Crippen LogP contribution >= 0.6 is 0 Å². The van der Waals surface area contributed by atoms with Crippen LogP contribution in [0.25, 0.3) is 0 Å². The molecule has 1 heterocycles. The lowest BCUT2D eigenvalue weighted by Gasteiger charge is -2.31. The third-order valence-electron chi connectivity index (χ3n) is 3.99. The number of rotatable bonds is 3. The zero-order valence-electron chi connectivity index (χ0n) is 13.2. The van der Waals surface area contributed by atoms with Gasteiger partial charge in [0.1, 0.15) is 0 Å². The molecule has 1 unspecified atom stereocenters. The van der Waals surface area contributed by atoms with Crippen molar-refractivity contribution >= 4 is 17.3 Å². The summed E-state index contributed by atoms with van der Waals surface area (Å²) in [6.07, 6.45) is 1.10. The van der Waals surface area contributed by atoms with Gasteiger partial charge in [-0.05, 0) is 52.1 Å². The van der Waals surface area contributed by atoms with E-state index in [0.29, 0.717) is 18.2 Å². The maximum atomic E-state index is 12.0. The number of hydrogen-bond donors (Lipinski definition) is 2. The van der Waals surface area contributed by atoms with Gasteiger partial charge in [-0.25, -0.2) is 0 Å². The SMILES string of the molecule is CCNC(=O)c1ccc(N)c(N2CCCN(C)CC2C)c1. The van der Waals surface area contributed by atoms with E-state index >= 15 is 0 Å². The average Bonchev–Trinajstić information content (AvgIpc) is 2.60. The Labute approximate surface area is 127 Å². The molecule has 5 heteroatoms. The van der Waals surface area contributed by atoms with E-state index in [2.05, 4.69) is 29.1 Å². The van der Waals surface area contributed by atoms with E-state index in [1.807, 2.05) is 19.1 Å². The number of hydrogen-bond acceptors (Lipinski definition) is 4. The molecule has 3 N–H and O–H groups in total. The van der Waals surface area contributed by atoms with Crippen molar-refractivity contribution in [3.63, 3.8) is 0 Å². The van der Waals surface area contributed by atoms with Crippen molar-refractivity contribution in [2.75, 3.05) is 43.9 Å². The first-order chi connectivity index (χ1) is 10.0. The molecule has 1 aliphatic heterocycles. The summed E-state index contributed by atoms with van der Waals surface area (Å²) >= 11 is 0. The molecule has 116 valence electrons. The van der Waals surface area contributed by atoms with Crippen LogP contribution in [0, 0.1) is 0 Å². The molecule has 1 saturated heterocycles. The highest BCUT2D eigenvalue weighted by Gasteiger charge is 2.22. The Balaban J connectivity index is 2.29. The maximum absolute atomic E-state index is 12.0. The number of nitrogens with one attached hydrogen (secondary N) is 1. The lowest BCUT2D eigenvalue weighted by molar-refractivity contribution is 0.0956. The first-order valence-corrected chi connectivity index (χ1v) is 7.65. The van der Waals surface area contributed by atoms with Crippen LogP contribution in [0.5, 0.6) is 0 Å². The van der Waals surface area contributed by atoms with Crippen molar-refractivity contribution in [1.82, 2.24) is 10.2 Å². The summed E-state index contributed by atoms with van der Waals surface area (Å²) in [6.45, 7) is 7.82. The number of nitrogens with zero attached hydrogens (tertiary/aromatic N) is 2. The highest BCUT2D eigenvalue weighted by atomic mass is 16.1. The van der Waals surface area contributed by atoms with Gasteiger partial charge >= 0.3 is 0 Å². The first-order valence-electron chi connectivity index (χ1n) is 7.65. The van der Waals surface area contributed by atoms with E-state index in [4.69, 9.17) is 5.73 Å². The normalized spacial score (nSPS) is 20.1. The summed E-state index contributed by atoms with van der Waals surface area (Å²) < 4.78 is 0. The highest BCUT2D eigenvalue weighted by molar-refractivity contribution is 5.96. The Morgan fingerprint density at radius 1 is 1.43 bits per heavy atom. The van der Waals surface area contributed by atoms with Gasteiger partial charge < -0.3 is 20.9 Å². The molecule has 1 aromatic carbocycles. The van der Waals surface area contributed by atoms with Crippen LogP contribution in [0.2, 0.25) is 0 Å². The number of amides is 1. The molecule has 0 saturated carbocycles. The Morgan fingerprint density at radius 3 is 2.90 bits per heavy atom. The van der Waals surface area contributed by atoms with Crippen LogP contribution < -0.4 is 16.0 Å². The van der Waals surface area contributed by atoms with Crippen molar-refractivity contribution < 1.29 is 4.79 Å². The van der Waals surface area contributed by atoms with Gasteiger partial charge in [0.15, 0.2) is 0 Å². The fraction of sp³-hybridized carbons (Fsp3) is 0.562. The number of likely N-dealkylation sites (N-methyl/N-ethyl adjacent to an activating group) is 1. The van der Waals surface area contributed by atoms with Crippen molar-refractivity contribution in [2.45, 2.75) is 26.3 Å². The second kappa shape index (κ2) is 6.80. The topological polar surface area (TPSA) is 61.6 Å². The molecule has 1 aromatic rings. The molecule has 1 aliphatic rings. The van der Waals surface area contributed by atoms with Gasteiger partial charge in [0.05, 0.1) is 11.4 Å².